The first-order valence-corrected chi connectivity index (χ1v) is 7.13. The molecule has 2 aliphatic carbocycles. The molecule has 100 valence electrons. The molecule has 1 N–H and O–H groups in total. The lowest BCUT2D eigenvalue weighted by atomic mass is 10.1. The highest BCUT2D eigenvalue weighted by Gasteiger charge is 2.24. The second-order valence-corrected chi connectivity index (χ2v) is 5.44. The Bertz CT molecular complexity index is 470. The normalized spacial score (nSPS) is 16.3. The van der Waals surface area contributed by atoms with Gasteiger partial charge in [-0.2, -0.15) is 0 Å². The van der Waals surface area contributed by atoms with E-state index in [1.54, 1.807) is 0 Å². The van der Waals surface area contributed by atoms with E-state index in [-0.39, 0.29) is 25.4 Å². The van der Waals surface area contributed by atoms with Crippen LogP contribution in [0.5, 0.6) is 0 Å². The molecule has 1 aromatic rings. The lowest BCUT2D eigenvalue weighted by molar-refractivity contribution is -0.00000385. The molecule has 0 fully saturated rings. The van der Waals surface area contributed by atoms with Crippen molar-refractivity contribution in [1.29, 1.82) is 5.41 Å². The molecule has 18 heavy (non-hydrogen) atoms. The van der Waals surface area contributed by atoms with E-state index in [1.807, 2.05) is 0 Å². The molecule has 0 aliphatic heterocycles. The van der Waals surface area contributed by atoms with Gasteiger partial charge in [-0.1, -0.05) is 13.3 Å². The van der Waals surface area contributed by atoms with Gasteiger partial charge in [0.2, 0.25) is 0 Å². The molecule has 0 unspecified atom stereocenters. The summed E-state index contributed by atoms with van der Waals surface area (Å²) in [7, 11) is 0. The van der Waals surface area contributed by atoms with Crippen molar-refractivity contribution < 1.29 is 25.4 Å². The van der Waals surface area contributed by atoms with E-state index in [0.29, 0.717) is 0 Å². The molecule has 0 aromatic carbocycles. The standard InChI is InChI=1S/C15H22N2.HI/c1-2-3-10-17-13-8-4-6-11(13)15(16)12-7-5-9-14(12)17;/h16H,2-10H2,1H3;1H. The zero-order chi connectivity index (χ0) is 11.8. The van der Waals surface area contributed by atoms with Gasteiger partial charge in [0.1, 0.15) is 0 Å². The minimum Gasteiger partial charge on any atom is -1.00 e. The van der Waals surface area contributed by atoms with Crippen molar-refractivity contribution in [3.05, 3.63) is 27.9 Å². The lowest BCUT2D eigenvalue weighted by Crippen LogP contribution is -3.00. The van der Waals surface area contributed by atoms with Crippen LogP contribution in [-0.4, -0.2) is 4.57 Å². The second kappa shape index (κ2) is 5.76. The zero-order valence-electron chi connectivity index (χ0n) is 12.2. The Morgan fingerprint density at radius 2 is 1.61 bits per heavy atom. The van der Waals surface area contributed by atoms with Gasteiger partial charge >= 0.3 is 1.43 Å². The molecule has 0 saturated carbocycles. The maximum atomic E-state index is 8.37. The first kappa shape index (κ1) is 14.1. The number of rotatable bonds is 3. The van der Waals surface area contributed by atoms with Gasteiger partial charge in [0.25, 0.3) is 0 Å². The summed E-state index contributed by atoms with van der Waals surface area (Å²) < 4.78 is 2.59. The Hall–Kier alpha value is -0.320. The maximum absolute atomic E-state index is 8.37. The Balaban J connectivity index is 0.000000902. The summed E-state index contributed by atoms with van der Waals surface area (Å²) in [5.74, 6) is 0. The third-order valence-electron chi connectivity index (χ3n) is 4.37. The first-order chi connectivity index (χ1) is 8.33. The summed E-state index contributed by atoms with van der Waals surface area (Å²) in [6.07, 6.45) is 9.77. The fraction of sp³-hybridized carbons (Fsp3) is 0.667. The predicted octanol–water partition coefficient (Wildman–Crippen LogP) is -0.138. The predicted molar refractivity (Wildman–Crippen MR) is 70.4 cm³/mol. The van der Waals surface area contributed by atoms with Crippen LogP contribution < -0.4 is 29.3 Å². The average Bonchev–Trinajstić information content (AvgIpc) is 2.97. The number of nitrogens with one attached hydrogen (secondary N) is 1. The fourth-order valence-corrected chi connectivity index (χ4v) is 3.52. The Morgan fingerprint density at radius 3 is 2.11 bits per heavy atom. The molecule has 2 nitrogen and oxygen atoms in total. The third kappa shape index (κ3) is 2.15. The topological polar surface area (TPSA) is 28.8 Å². The molecule has 0 radical (unpaired) electrons. The molecule has 0 atom stereocenters. The molecule has 0 amide bonds. The minimum atomic E-state index is 0. The largest absolute Gasteiger partial charge is 1.00 e. The fourth-order valence-electron chi connectivity index (χ4n) is 3.52. The molecule has 0 saturated heterocycles. The van der Waals surface area contributed by atoms with Crippen LogP contribution in [-0.2, 0) is 32.2 Å². The lowest BCUT2D eigenvalue weighted by Gasteiger charge is -2.19. The Morgan fingerprint density at radius 1 is 1.06 bits per heavy atom. The molecule has 0 spiro atoms. The Kier molecular flexibility index (Phi) is 4.51. The zero-order valence-corrected chi connectivity index (χ0v) is 13.3. The smallest absolute Gasteiger partial charge is 1.00 e. The summed E-state index contributed by atoms with van der Waals surface area (Å²) in [6.45, 7) is 3.45. The molecule has 3 heteroatoms. The van der Waals surface area contributed by atoms with Crippen LogP contribution >= 0.6 is 0 Å². The van der Waals surface area contributed by atoms with Gasteiger partial charge in [0, 0.05) is 17.9 Å². The van der Waals surface area contributed by atoms with Gasteiger partial charge in [-0.05, 0) is 56.1 Å². The quantitative estimate of drug-likeness (QED) is 0.729. The van der Waals surface area contributed by atoms with Crippen LogP contribution in [0.4, 0.5) is 0 Å². The minimum absolute atomic E-state index is 0. The number of fused-ring (bicyclic) bond motifs is 2. The number of pyridine rings is 1. The molecule has 3 rings (SSSR count). The summed E-state index contributed by atoms with van der Waals surface area (Å²) in [6, 6.07) is 0. The van der Waals surface area contributed by atoms with Crippen molar-refractivity contribution >= 4 is 0 Å². The number of aromatic nitrogens is 1. The van der Waals surface area contributed by atoms with Gasteiger partial charge in [-0.3, -0.25) is 0 Å². The van der Waals surface area contributed by atoms with Crippen LogP contribution in [0.25, 0.3) is 0 Å². The van der Waals surface area contributed by atoms with Crippen LogP contribution in [0.1, 0.15) is 56.5 Å². The van der Waals surface area contributed by atoms with Crippen molar-refractivity contribution in [3.63, 3.8) is 0 Å². The van der Waals surface area contributed by atoms with Crippen LogP contribution in [0.2, 0.25) is 0 Å². The number of nitrogens with zero attached hydrogens (tertiary/aromatic N) is 1. The summed E-state index contributed by atoms with van der Waals surface area (Å²) in [4.78, 5) is 0. The maximum Gasteiger partial charge on any atom is 1.00 e. The molecular formula is C15H23IN2. The molecular weight excluding hydrogens is 335 g/mol. The molecule has 2 aliphatic rings. The van der Waals surface area contributed by atoms with Crippen LogP contribution in [0.15, 0.2) is 0 Å². The van der Waals surface area contributed by atoms with Crippen molar-refractivity contribution in [2.75, 3.05) is 0 Å². The van der Waals surface area contributed by atoms with Gasteiger partial charge < -0.3 is 34.0 Å². The van der Waals surface area contributed by atoms with Gasteiger partial charge in [-0.15, -0.1) is 0 Å². The summed E-state index contributed by atoms with van der Waals surface area (Å²) >= 11 is 0. The van der Waals surface area contributed by atoms with E-state index in [2.05, 4.69) is 11.5 Å². The third-order valence-corrected chi connectivity index (χ3v) is 4.37. The van der Waals surface area contributed by atoms with Crippen molar-refractivity contribution in [1.82, 2.24) is 4.57 Å². The molecule has 1 aromatic heterocycles. The number of hydrogen-bond donors (Lipinski definition) is 1. The van der Waals surface area contributed by atoms with E-state index in [1.165, 1.54) is 67.6 Å². The summed E-state index contributed by atoms with van der Waals surface area (Å²) in [5, 5.41) is 9.27. The van der Waals surface area contributed by atoms with Gasteiger partial charge in [0.05, 0.1) is 5.36 Å². The van der Waals surface area contributed by atoms with Crippen LogP contribution in [0.3, 0.4) is 0 Å². The van der Waals surface area contributed by atoms with Crippen LogP contribution in [0, 0.1) is 5.41 Å². The monoisotopic (exact) mass is 358 g/mol. The van der Waals surface area contributed by atoms with Gasteiger partial charge in [0.15, 0.2) is 0 Å². The highest BCUT2D eigenvalue weighted by molar-refractivity contribution is 5.36. The molecule has 1 heterocycles. The SMILES string of the molecule is CCCCn1c2c(c(=N)c3c1CCC3)CCC2.[H+].[I-]. The first-order valence-electron chi connectivity index (χ1n) is 7.13. The van der Waals surface area contributed by atoms with E-state index in [4.69, 9.17) is 5.41 Å². The van der Waals surface area contributed by atoms with Crippen molar-refractivity contribution in [2.45, 2.75) is 64.8 Å². The van der Waals surface area contributed by atoms with E-state index in [9.17, 15) is 0 Å². The van der Waals surface area contributed by atoms with E-state index < -0.39 is 0 Å². The van der Waals surface area contributed by atoms with Crippen molar-refractivity contribution in [2.24, 2.45) is 0 Å². The summed E-state index contributed by atoms with van der Waals surface area (Å²) in [5.41, 5.74) is 5.76. The van der Waals surface area contributed by atoms with E-state index in [0.717, 1.165) is 18.2 Å². The highest BCUT2D eigenvalue weighted by Crippen LogP contribution is 2.27. The number of halogens is 1. The Labute approximate surface area is 128 Å². The average molecular weight is 358 g/mol. The van der Waals surface area contributed by atoms with E-state index >= 15 is 0 Å². The second-order valence-electron chi connectivity index (χ2n) is 5.44. The number of unbranched alkanes of at least 4 members (excludes halogenated alkanes) is 1. The number of hydrogen-bond acceptors (Lipinski definition) is 1. The van der Waals surface area contributed by atoms with Gasteiger partial charge in [-0.25, -0.2) is 0 Å². The van der Waals surface area contributed by atoms with Crippen molar-refractivity contribution in [3.8, 4) is 0 Å². The highest BCUT2D eigenvalue weighted by atomic mass is 127. The molecule has 0 bridgehead atoms.